The van der Waals surface area contributed by atoms with E-state index in [0.717, 1.165) is 0 Å². The van der Waals surface area contributed by atoms with Gasteiger partial charge < -0.3 is 14.6 Å². The summed E-state index contributed by atoms with van der Waals surface area (Å²) in [6.45, 7) is 2.19. The van der Waals surface area contributed by atoms with Crippen molar-refractivity contribution in [1.82, 2.24) is 0 Å². The molecule has 94 valence electrons. The number of phenols is 1. The Kier molecular flexibility index (Phi) is 4.76. The topological polar surface area (TPSA) is 79.5 Å². The molecule has 0 radical (unpaired) electrons. The summed E-state index contributed by atoms with van der Waals surface area (Å²) in [4.78, 5) is 11.2. The number of para-hydroxylation sites is 1. The van der Waals surface area contributed by atoms with Gasteiger partial charge in [0.2, 0.25) is 0 Å². The average Bonchev–Trinajstić information content (AvgIpc) is 2.39. The Morgan fingerprint density at radius 1 is 1.56 bits per heavy atom. The number of nitrogens with zero attached hydrogens (tertiary/aromatic N) is 1. The lowest BCUT2D eigenvalue weighted by molar-refractivity contribution is -0.135. The minimum absolute atomic E-state index is 0.115. The number of phenolic OH excluding ortho intramolecular Hbond substituents is 1. The molecule has 0 aliphatic rings. The molecule has 0 saturated carbocycles. The number of hydrogen-bond acceptors (Lipinski definition) is 5. The summed E-state index contributed by atoms with van der Waals surface area (Å²) >= 11 is 0. The Bertz CT molecular complexity index is 514. The fourth-order valence-corrected chi connectivity index (χ4v) is 1.33. The molecule has 0 heterocycles. The molecule has 1 aromatic carbocycles. The Balaban J connectivity index is 3.18. The van der Waals surface area contributed by atoms with Crippen molar-refractivity contribution >= 4 is 12.0 Å². The van der Waals surface area contributed by atoms with Crippen LogP contribution in [0.3, 0.4) is 0 Å². The van der Waals surface area contributed by atoms with Crippen molar-refractivity contribution in [2.45, 2.75) is 6.92 Å². The zero-order valence-electron chi connectivity index (χ0n) is 10.1. The van der Waals surface area contributed by atoms with E-state index in [1.807, 2.05) is 0 Å². The molecule has 1 N–H and O–H groups in total. The lowest BCUT2D eigenvalue weighted by Crippen LogP contribution is -2.02. The van der Waals surface area contributed by atoms with Crippen LogP contribution in [0.1, 0.15) is 12.5 Å². The predicted molar refractivity (Wildman–Crippen MR) is 64.9 cm³/mol. The first-order valence-electron chi connectivity index (χ1n) is 5.28. The highest BCUT2D eigenvalue weighted by atomic mass is 16.5. The largest absolute Gasteiger partial charge is 0.504 e. The molecule has 1 aromatic rings. The van der Waals surface area contributed by atoms with Crippen LogP contribution in [0.15, 0.2) is 23.8 Å². The number of hydrogen-bond donors (Lipinski definition) is 1. The number of carbonyl (C=O) groups is 1. The maximum Gasteiger partial charge on any atom is 0.348 e. The van der Waals surface area contributed by atoms with Crippen molar-refractivity contribution in [3.05, 3.63) is 29.3 Å². The first-order valence-corrected chi connectivity index (χ1v) is 5.28. The van der Waals surface area contributed by atoms with Crippen LogP contribution in [0, 0.1) is 11.3 Å². The van der Waals surface area contributed by atoms with E-state index in [4.69, 9.17) is 10.00 Å². The molecule has 0 unspecified atom stereocenters. The Labute approximate surface area is 105 Å². The lowest BCUT2D eigenvalue weighted by Gasteiger charge is -2.07. The van der Waals surface area contributed by atoms with Gasteiger partial charge >= 0.3 is 5.97 Å². The molecule has 0 aliphatic carbocycles. The smallest absolute Gasteiger partial charge is 0.348 e. The van der Waals surface area contributed by atoms with Gasteiger partial charge in [-0.1, -0.05) is 12.1 Å². The summed E-state index contributed by atoms with van der Waals surface area (Å²) in [6.07, 6.45) is 1.25. The van der Waals surface area contributed by atoms with Gasteiger partial charge in [-0.3, -0.25) is 0 Å². The lowest BCUT2D eigenvalue weighted by atomic mass is 10.1. The zero-order valence-corrected chi connectivity index (χ0v) is 10.1. The molecule has 0 aliphatic heterocycles. The van der Waals surface area contributed by atoms with Crippen molar-refractivity contribution in [3.8, 4) is 17.6 Å². The molecule has 5 nitrogen and oxygen atoms in total. The number of rotatable bonds is 4. The number of carbonyl (C=O) groups excluding carboxylic acids is 1. The Morgan fingerprint density at radius 2 is 2.28 bits per heavy atom. The van der Waals surface area contributed by atoms with Gasteiger partial charge in [-0.15, -0.1) is 0 Å². The third-order valence-corrected chi connectivity index (χ3v) is 2.16. The van der Waals surface area contributed by atoms with Crippen LogP contribution in [-0.4, -0.2) is 24.8 Å². The summed E-state index contributed by atoms with van der Waals surface area (Å²) in [5.74, 6) is -0.567. The molecule has 1 rings (SSSR count). The minimum Gasteiger partial charge on any atom is -0.504 e. The van der Waals surface area contributed by atoms with Crippen LogP contribution in [0.2, 0.25) is 0 Å². The number of benzene rings is 1. The Morgan fingerprint density at radius 3 is 2.83 bits per heavy atom. The number of esters is 1. The summed E-state index contributed by atoms with van der Waals surface area (Å²) < 4.78 is 9.65. The molecule has 0 amide bonds. The maximum atomic E-state index is 11.2. The molecule has 0 fully saturated rings. The fraction of sp³-hybridized carbons (Fsp3) is 0.231. The number of ether oxygens (including phenoxy) is 2. The average molecular weight is 247 g/mol. The van der Waals surface area contributed by atoms with Gasteiger partial charge in [0, 0.05) is 5.56 Å². The number of methoxy groups -OCH3 is 1. The van der Waals surface area contributed by atoms with Gasteiger partial charge in [0.25, 0.3) is 0 Å². The predicted octanol–water partition coefficient (Wildman–Crippen LogP) is 1.87. The summed E-state index contributed by atoms with van der Waals surface area (Å²) in [7, 11) is 1.18. The van der Waals surface area contributed by atoms with E-state index in [2.05, 4.69) is 4.74 Å². The number of aromatic hydroxyl groups is 1. The third kappa shape index (κ3) is 3.01. The molecule has 0 bridgehead atoms. The van der Waals surface area contributed by atoms with Crippen molar-refractivity contribution in [2.75, 3.05) is 13.7 Å². The normalized spacial score (nSPS) is 10.6. The van der Waals surface area contributed by atoms with Crippen molar-refractivity contribution in [3.63, 3.8) is 0 Å². The third-order valence-electron chi connectivity index (χ3n) is 2.16. The Hall–Kier alpha value is -2.48. The second kappa shape index (κ2) is 6.30. The molecule has 0 spiro atoms. The van der Waals surface area contributed by atoms with Gasteiger partial charge in [0.15, 0.2) is 11.5 Å². The van der Waals surface area contributed by atoms with Crippen LogP contribution in [-0.2, 0) is 9.53 Å². The van der Waals surface area contributed by atoms with Crippen LogP contribution >= 0.6 is 0 Å². The zero-order chi connectivity index (χ0) is 13.5. The van der Waals surface area contributed by atoms with E-state index in [-0.39, 0.29) is 11.3 Å². The second-order valence-corrected chi connectivity index (χ2v) is 3.29. The van der Waals surface area contributed by atoms with Gasteiger partial charge in [0.1, 0.15) is 11.6 Å². The van der Waals surface area contributed by atoms with Crippen molar-refractivity contribution in [2.24, 2.45) is 0 Å². The van der Waals surface area contributed by atoms with E-state index < -0.39 is 5.97 Å². The summed E-state index contributed by atoms with van der Waals surface area (Å²) in [6, 6.07) is 6.54. The highest BCUT2D eigenvalue weighted by molar-refractivity contribution is 5.98. The van der Waals surface area contributed by atoms with E-state index in [9.17, 15) is 9.90 Å². The quantitative estimate of drug-likeness (QED) is 0.499. The maximum absolute atomic E-state index is 11.2. The standard InChI is InChI=1S/C13H13NO4/c1-3-18-11-6-4-5-9(12(11)15)7-10(8-14)13(16)17-2/h4-7,15H,3H2,1-2H3/b10-7+. The molecular formula is C13H13NO4. The van der Waals surface area contributed by atoms with Crippen LogP contribution in [0.25, 0.3) is 6.08 Å². The van der Waals surface area contributed by atoms with E-state index in [0.29, 0.717) is 17.9 Å². The van der Waals surface area contributed by atoms with Gasteiger partial charge in [0.05, 0.1) is 13.7 Å². The van der Waals surface area contributed by atoms with Gasteiger partial charge in [-0.25, -0.2) is 4.79 Å². The van der Waals surface area contributed by atoms with Crippen LogP contribution in [0.4, 0.5) is 0 Å². The summed E-state index contributed by atoms with van der Waals surface area (Å²) in [5, 5.41) is 18.7. The van der Waals surface area contributed by atoms with Crippen molar-refractivity contribution < 1.29 is 19.4 Å². The highest BCUT2D eigenvalue weighted by Gasteiger charge is 2.12. The molecular weight excluding hydrogens is 234 g/mol. The highest BCUT2D eigenvalue weighted by Crippen LogP contribution is 2.31. The van der Waals surface area contributed by atoms with E-state index in [1.165, 1.54) is 13.2 Å². The second-order valence-electron chi connectivity index (χ2n) is 3.29. The van der Waals surface area contributed by atoms with Crippen molar-refractivity contribution in [1.29, 1.82) is 5.26 Å². The van der Waals surface area contributed by atoms with Crippen LogP contribution in [0.5, 0.6) is 11.5 Å². The molecule has 0 aromatic heterocycles. The fourth-order valence-electron chi connectivity index (χ4n) is 1.33. The van der Waals surface area contributed by atoms with Gasteiger partial charge in [-0.05, 0) is 19.1 Å². The van der Waals surface area contributed by atoms with Crippen LogP contribution < -0.4 is 4.74 Å². The van der Waals surface area contributed by atoms with E-state index >= 15 is 0 Å². The minimum atomic E-state index is -0.751. The first kappa shape index (κ1) is 13.6. The summed E-state index contributed by atoms with van der Waals surface area (Å²) in [5.41, 5.74) is 0.129. The molecule has 18 heavy (non-hydrogen) atoms. The first-order chi connectivity index (χ1) is 8.63. The molecule has 0 saturated heterocycles. The number of nitriles is 1. The SMILES string of the molecule is CCOc1cccc(/C=C(\C#N)C(=O)OC)c1O. The molecule has 5 heteroatoms. The monoisotopic (exact) mass is 247 g/mol. The molecule has 0 atom stereocenters. The van der Waals surface area contributed by atoms with Gasteiger partial charge in [-0.2, -0.15) is 5.26 Å². The van der Waals surface area contributed by atoms with E-state index in [1.54, 1.807) is 31.2 Å².